The molecule has 124 valence electrons. The molecule has 0 saturated carbocycles. The Morgan fingerprint density at radius 2 is 1.91 bits per heavy atom. The fourth-order valence-corrected chi connectivity index (χ4v) is 3.75. The van der Waals surface area contributed by atoms with Crippen LogP contribution in [0.3, 0.4) is 0 Å². The molecule has 0 unspecified atom stereocenters. The molecular formula is C12H17ClFN3O4S. The van der Waals surface area contributed by atoms with E-state index >= 15 is 0 Å². The molecule has 0 amide bonds. The van der Waals surface area contributed by atoms with Crippen molar-refractivity contribution >= 4 is 28.1 Å². The van der Waals surface area contributed by atoms with Crippen LogP contribution in [0.2, 0.25) is 0 Å². The Labute approximate surface area is 133 Å². The molecule has 2 N–H and O–H groups in total. The SMILES string of the molecule is Cc1c(F)cc(S(=O)(=O)N2CCC(N)CC2)cc1[N+](=O)[O-].Cl. The number of nitrogens with two attached hydrogens (primary N) is 1. The number of benzene rings is 1. The molecule has 7 nitrogen and oxygen atoms in total. The summed E-state index contributed by atoms with van der Waals surface area (Å²) in [4.78, 5) is 9.70. The van der Waals surface area contributed by atoms with Gasteiger partial charge in [0, 0.05) is 25.2 Å². The summed E-state index contributed by atoms with van der Waals surface area (Å²) in [6, 6.07) is 1.68. The van der Waals surface area contributed by atoms with E-state index in [2.05, 4.69) is 0 Å². The van der Waals surface area contributed by atoms with Crippen molar-refractivity contribution in [3.8, 4) is 0 Å². The van der Waals surface area contributed by atoms with Crippen molar-refractivity contribution in [1.29, 1.82) is 0 Å². The lowest BCUT2D eigenvalue weighted by molar-refractivity contribution is -0.385. The van der Waals surface area contributed by atoms with E-state index in [0.717, 1.165) is 12.1 Å². The van der Waals surface area contributed by atoms with Crippen LogP contribution in [0.15, 0.2) is 17.0 Å². The summed E-state index contributed by atoms with van der Waals surface area (Å²) in [6.45, 7) is 1.70. The van der Waals surface area contributed by atoms with Gasteiger partial charge >= 0.3 is 0 Å². The third kappa shape index (κ3) is 3.54. The Morgan fingerprint density at radius 3 is 2.41 bits per heavy atom. The maximum absolute atomic E-state index is 13.8. The Bertz CT molecular complexity index is 675. The third-order valence-corrected chi connectivity index (χ3v) is 5.50. The Hall–Kier alpha value is -1.29. The number of piperidine rings is 1. The predicted octanol–water partition coefficient (Wildman–Crippen LogP) is 1.58. The van der Waals surface area contributed by atoms with Crippen molar-refractivity contribution < 1.29 is 17.7 Å². The average molecular weight is 354 g/mol. The third-order valence-electron chi connectivity index (χ3n) is 3.62. The number of halogens is 2. The number of rotatable bonds is 3. The molecular weight excluding hydrogens is 337 g/mol. The van der Waals surface area contributed by atoms with Crippen molar-refractivity contribution in [2.45, 2.75) is 30.7 Å². The van der Waals surface area contributed by atoms with Crippen molar-refractivity contribution in [2.75, 3.05) is 13.1 Å². The lowest BCUT2D eigenvalue weighted by Gasteiger charge is -2.29. The van der Waals surface area contributed by atoms with Gasteiger partial charge < -0.3 is 5.73 Å². The summed E-state index contributed by atoms with van der Waals surface area (Å²) < 4.78 is 39.8. The highest BCUT2D eigenvalue weighted by Crippen LogP contribution is 2.28. The maximum atomic E-state index is 13.8. The monoisotopic (exact) mass is 353 g/mol. The largest absolute Gasteiger partial charge is 0.328 e. The molecule has 10 heteroatoms. The number of nitro groups is 1. The molecule has 0 spiro atoms. The van der Waals surface area contributed by atoms with E-state index in [4.69, 9.17) is 5.73 Å². The molecule has 0 bridgehead atoms. The van der Waals surface area contributed by atoms with E-state index in [-0.39, 0.29) is 37.1 Å². The molecule has 0 atom stereocenters. The molecule has 1 fully saturated rings. The average Bonchev–Trinajstić information content (AvgIpc) is 2.41. The second kappa shape index (κ2) is 6.86. The zero-order valence-corrected chi connectivity index (χ0v) is 13.5. The smallest absolute Gasteiger partial charge is 0.276 e. The van der Waals surface area contributed by atoms with Crippen LogP contribution in [0, 0.1) is 22.9 Å². The van der Waals surface area contributed by atoms with Gasteiger partial charge in [-0.3, -0.25) is 10.1 Å². The number of hydrogen-bond acceptors (Lipinski definition) is 5. The molecule has 1 heterocycles. The minimum absolute atomic E-state index is 0. The first-order valence-corrected chi connectivity index (χ1v) is 7.87. The molecule has 1 aliphatic heterocycles. The van der Waals surface area contributed by atoms with E-state index in [0.29, 0.717) is 12.8 Å². The molecule has 1 saturated heterocycles. The summed E-state index contributed by atoms with van der Waals surface area (Å²) in [5, 5.41) is 10.9. The van der Waals surface area contributed by atoms with Crippen LogP contribution < -0.4 is 5.73 Å². The highest BCUT2D eigenvalue weighted by atomic mass is 35.5. The molecule has 0 radical (unpaired) electrons. The highest BCUT2D eigenvalue weighted by Gasteiger charge is 2.31. The molecule has 1 aromatic carbocycles. The van der Waals surface area contributed by atoms with Gasteiger partial charge in [-0.1, -0.05) is 0 Å². The van der Waals surface area contributed by atoms with Gasteiger partial charge in [0.2, 0.25) is 10.0 Å². The van der Waals surface area contributed by atoms with Crippen LogP contribution in [-0.4, -0.2) is 36.8 Å². The summed E-state index contributed by atoms with van der Waals surface area (Å²) in [6.07, 6.45) is 1.02. The van der Waals surface area contributed by atoms with E-state index in [1.165, 1.54) is 11.2 Å². The number of nitrogens with zero attached hydrogens (tertiary/aromatic N) is 2. The summed E-state index contributed by atoms with van der Waals surface area (Å²) in [7, 11) is -3.95. The lowest BCUT2D eigenvalue weighted by Crippen LogP contribution is -2.42. The van der Waals surface area contributed by atoms with Gasteiger partial charge in [0.05, 0.1) is 15.4 Å². The fourth-order valence-electron chi connectivity index (χ4n) is 2.24. The Kier molecular flexibility index (Phi) is 5.85. The van der Waals surface area contributed by atoms with Crippen LogP contribution in [0.5, 0.6) is 0 Å². The summed E-state index contributed by atoms with van der Waals surface area (Å²) in [5.74, 6) is -0.906. The molecule has 0 aromatic heterocycles. The molecule has 0 aliphatic carbocycles. The van der Waals surface area contributed by atoms with E-state index in [9.17, 15) is 22.9 Å². The quantitative estimate of drug-likeness (QED) is 0.655. The van der Waals surface area contributed by atoms with Gasteiger partial charge in [0.1, 0.15) is 5.82 Å². The Morgan fingerprint density at radius 1 is 1.36 bits per heavy atom. The Balaban J connectivity index is 0.00000242. The first-order valence-electron chi connectivity index (χ1n) is 6.43. The van der Waals surface area contributed by atoms with Gasteiger partial charge in [-0.15, -0.1) is 12.4 Å². The zero-order chi connectivity index (χ0) is 15.8. The summed E-state index contributed by atoms with van der Waals surface area (Å²) in [5.41, 5.74) is 5.00. The first kappa shape index (κ1) is 18.8. The van der Waals surface area contributed by atoms with Crippen LogP contribution in [-0.2, 0) is 10.0 Å². The molecule has 2 rings (SSSR count). The number of hydrogen-bond donors (Lipinski definition) is 1. The second-order valence-electron chi connectivity index (χ2n) is 5.05. The van der Waals surface area contributed by atoms with Crippen molar-refractivity contribution in [2.24, 2.45) is 5.73 Å². The van der Waals surface area contributed by atoms with Gasteiger partial charge in [-0.05, 0) is 25.8 Å². The van der Waals surface area contributed by atoms with Crippen LogP contribution in [0.25, 0.3) is 0 Å². The molecule has 1 aliphatic rings. The standard InChI is InChI=1S/C12H16FN3O4S.ClH/c1-8-11(13)6-10(7-12(8)16(17)18)21(19,20)15-4-2-9(14)3-5-15;/h6-7,9H,2-5,14H2,1H3;1H. The minimum Gasteiger partial charge on any atom is -0.328 e. The molecule has 1 aromatic rings. The molecule has 22 heavy (non-hydrogen) atoms. The van der Waals surface area contributed by atoms with Crippen molar-refractivity contribution in [1.82, 2.24) is 4.31 Å². The van der Waals surface area contributed by atoms with Crippen LogP contribution >= 0.6 is 12.4 Å². The maximum Gasteiger partial charge on any atom is 0.276 e. The van der Waals surface area contributed by atoms with Gasteiger partial charge in [-0.2, -0.15) is 4.31 Å². The highest BCUT2D eigenvalue weighted by molar-refractivity contribution is 7.89. The van der Waals surface area contributed by atoms with Gasteiger partial charge in [0.25, 0.3) is 5.69 Å². The summed E-state index contributed by atoms with van der Waals surface area (Å²) >= 11 is 0. The zero-order valence-electron chi connectivity index (χ0n) is 11.9. The number of nitro benzene ring substituents is 1. The van der Waals surface area contributed by atoms with Crippen LogP contribution in [0.4, 0.5) is 10.1 Å². The van der Waals surface area contributed by atoms with Crippen LogP contribution in [0.1, 0.15) is 18.4 Å². The topological polar surface area (TPSA) is 107 Å². The van der Waals surface area contributed by atoms with Gasteiger partial charge in [0.15, 0.2) is 0 Å². The van der Waals surface area contributed by atoms with E-state index < -0.39 is 31.3 Å². The number of sulfonamides is 1. The normalized spacial score (nSPS) is 17.0. The van der Waals surface area contributed by atoms with Crippen molar-refractivity contribution in [3.63, 3.8) is 0 Å². The lowest BCUT2D eigenvalue weighted by atomic mass is 10.1. The first-order chi connectivity index (χ1) is 9.73. The fraction of sp³-hybridized carbons (Fsp3) is 0.500. The predicted molar refractivity (Wildman–Crippen MR) is 81.0 cm³/mol. The van der Waals surface area contributed by atoms with E-state index in [1.54, 1.807) is 0 Å². The van der Waals surface area contributed by atoms with Gasteiger partial charge in [-0.25, -0.2) is 12.8 Å². The van der Waals surface area contributed by atoms with E-state index in [1.807, 2.05) is 0 Å². The van der Waals surface area contributed by atoms with Crippen molar-refractivity contribution in [3.05, 3.63) is 33.6 Å². The minimum atomic E-state index is -3.95. The second-order valence-corrected chi connectivity index (χ2v) is 6.99.